The molecule has 2 fully saturated rings. The standard InChI is InChI=1S/C26H28F3N5O3/c1-4-18(35)34-9-17(26(28,29)11-34)33-25(36)19-14(3)32-24-22(19)30-12-31-23(24)20-16(37-10-15-6-7-15)8-5-13(2)21(20)27/h5,8,12,15,17,32H,4,6-7,9-11H2,1-3H3,(H,33,36)/t17-/m1/s1. The predicted molar refractivity (Wildman–Crippen MR) is 130 cm³/mol. The number of alkyl halides is 2. The molecule has 1 atom stereocenters. The molecule has 1 aliphatic carbocycles. The number of fused-ring (bicyclic) bond motifs is 1. The zero-order valence-corrected chi connectivity index (χ0v) is 20.8. The number of aryl methyl sites for hydroxylation is 2. The average Bonchev–Trinajstić information content (AvgIpc) is 3.55. The highest BCUT2D eigenvalue weighted by molar-refractivity contribution is 6.09. The topological polar surface area (TPSA) is 100 Å². The number of carbonyl (C=O) groups excluding carboxylic acids is 2. The molecule has 3 heterocycles. The molecule has 3 aromatic rings. The number of likely N-dealkylation sites (tertiary alicyclic amines) is 1. The minimum atomic E-state index is -3.28. The summed E-state index contributed by atoms with van der Waals surface area (Å²) in [5.41, 5.74) is 1.66. The van der Waals surface area contributed by atoms with Gasteiger partial charge in [-0.2, -0.15) is 0 Å². The van der Waals surface area contributed by atoms with Gasteiger partial charge in [-0.3, -0.25) is 9.59 Å². The number of benzene rings is 1. The fourth-order valence-electron chi connectivity index (χ4n) is 4.66. The third-order valence-electron chi connectivity index (χ3n) is 6.98. The van der Waals surface area contributed by atoms with E-state index < -0.39 is 36.1 Å². The van der Waals surface area contributed by atoms with Crippen LogP contribution in [0.25, 0.3) is 22.3 Å². The quantitative estimate of drug-likeness (QED) is 0.492. The second-order valence-corrected chi connectivity index (χ2v) is 9.81. The molecule has 0 spiro atoms. The summed E-state index contributed by atoms with van der Waals surface area (Å²) in [7, 11) is 0. The van der Waals surface area contributed by atoms with Crippen molar-refractivity contribution in [1.82, 2.24) is 25.2 Å². The number of aromatic amines is 1. The first-order valence-electron chi connectivity index (χ1n) is 12.3. The van der Waals surface area contributed by atoms with E-state index in [9.17, 15) is 18.4 Å². The molecule has 37 heavy (non-hydrogen) atoms. The Kier molecular flexibility index (Phi) is 6.33. The van der Waals surface area contributed by atoms with Gasteiger partial charge in [0.25, 0.3) is 11.8 Å². The van der Waals surface area contributed by atoms with Crippen LogP contribution in [0.5, 0.6) is 5.75 Å². The summed E-state index contributed by atoms with van der Waals surface area (Å²) in [6.07, 6.45) is 3.44. The number of nitrogens with zero attached hydrogens (tertiary/aromatic N) is 3. The number of hydrogen-bond acceptors (Lipinski definition) is 5. The normalized spacial score (nSPS) is 18.9. The summed E-state index contributed by atoms with van der Waals surface area (Å²) in [5.74, 6) is -4.17. The summed E-state index contributed by atoms with van der Waals surface area (Å²) >= 11 is 0. The van der Waals surface area contributed by atoms with Crippen molar-refractivity contribution < 1.29 is 27.5 Å². The van der Waals surface area contributed by atoms with Crippen molar-refractivity contribution in [3.63, 3.8) is 0 Å². The second-order valence-electron chi connectivity index (χ2n) is 9.81. The summed E-state index contributed by atoms with van der Waals surface area (Å²) in [4.78, 5) is 37.8. The Bertz CT molecular complexity index is 1390. The van der Waals surface area contributed by atoms with Crippen molar-refractivity contribution in [2.75, 3.05) is 19.7 Å². The molecule has 2 N–H and O–H groups in total. The van der Waals surface area contributed by atoms with Crippen molar-refractivity contribution in [2.24, 2.45) is 5.92 Å². The molecule has 5 rings (SSSR count). The van der Waals surface area contributed by atoms with Gasteiger partial charge in [0.05, 0.1) is 29.8 Å². The SMILES string of the molecule is CCC(=O)N1C[C@@H](NC(=O)c2c(C)[nH]c3c(-c4c(OCC5CC5)ccc(C)c4F)ncnc23)C(F)(F)C1. The van der Waals surface area contributed by atoms with Gasteiger partial charge in [-0.05, 0) is 44.2 Å². The summed E-state index contributed by atoms with van der Waals surface area (Å²) < 4.78 is 50.6. The molecule has 2 aliphatic rings. The predicted octanol–water partition coefficient (Wildman–Crippen LogP) is 4.16. The number of halogens is 3. The van der Waals surface area contributed by atoms with Crippen LogP contribution in [0.4, 0.5) is 13.2 Å². The molecule has 0 radical (unpaired) electrons. The lowest BCUT2D eigenvalue weighted by atomic mass is 10.0. The Morgan fingerprint density at radius 3 is 2.70 bits per heavy atom. The Morgan fingerprint density at radius 1 is 1.24 bits per heavy atom. The van der Waals surface area contributed by atoms with Crippen molar-refractivity contribution >= 4 is 22.8 Å². The minimum Gasteiger partial charge on any atom is -0.492 e. The number of carbonyl (C=O) groups is 2. The van der Waals surface area contributed by atoms with Crippen molar-refractivity contribution in [1.29, 1.82) is 0 Å². The molecular formula is C26H28F3N5O3. The van der Waals surface area contributed by atoms with Crippen LogP contribution in [0.1, 0.15) is 47.8 Å². The molecule has 2 amide bonds. The largest absolute Gasteiger partial charge is 0.492 e. The number of hydrogen-bond donors (Lipinski definition) is 2. The summed E-state index contributed by atoms with van der Waals surface area (Å²) in [6, 6.07) is 1.78. The van der Waals surface area contributed by atoms with E-state index >= 15 is 4.39 Å². The highest BCUT2D eigenvalue weighted by Gasteiger charge is 2.50. The third-order valence-corrected chi connectivity index (χ3v) is 6.98. The smallest absolute Gasteiger partial charge is 0.286 e. The van der Waals surface area contributed by atoms with Crippen LogP contribution in [-0.4, -0.2) is 63.3 Å². The number of aromatic nitrogens is 3. The van der Waals surface area contributed by atoms with Crippen LogP contribution in [0.2, 0.25) is 0 Å². The van der Waals surface area contributed by atoms with Gasteiger partial charge >= 0.3 is 0 Å². The monoisotopic (exact) mass is 515 g/mol. The Labute approximate surface area is 211 Å². The first-order chi connectivity index (χ1) is 17.6. The molecule has 8 nitrogen and oxygen atoms in total. The number of nitrogens with one attached hydrogen (secondary N) is 2. The summed E-state index contributed by atoms with van der Waals surface area (Å²) in [5, 5.41) is 2.38. The van der Waals surface area contributed by atoms with Gasteiger partial charge in [0.2, 0.25) is 5.91 Å². The lowest BCUT2D eigenvalue weighted by molar-refractivity contribution is -0.131. The fourth-order valence-corrected chi connectivity index (χ4v) is 4.66. The number of ether oxygens (including phenoxy) is 1. The lowest BCUT2D eigenvalue weighted by Crippen LogP contribution is -2.46. The van der Waals surface area contributed by atoms with E-state index in [4.69, 9.17) is 4.74 Å². The van der Waals surface area contributed by atoms with Gasteiger partial charge < -0.3 is 19.9 Å². The molecular weight excluding hydrogens is 487 g/mol. The van der Waals surface area contributed by atoms with E-state index in [1.54, 1.807) is 32.9 Å². The molecule has 196 valence electrons. The van der Waals surface area contributed by atoms with E-state index in [2.05, 4.69) is 20.3 Å². The maximum Gasteiger partial charge on any atom is 0.286 e. The van der Waals surface area contributed by atoms with Crippen LogP contribution in [-0.2, 0) is 4.79 Å². The van der Waals surface area contributed by atoms with Gasteiger partial charge in [-0.1, -0.05) is 13.0 Å². The van der Waals surface area contributed by atoms with Crippen LogP contribution in [0.3, 0.4) is 0 Å². The molecule has 1 aromatic carbocycles. The zero-order chi connectivity index (χ0) is 26.5. The average molecular weight is 516 g/mol. The first kappa shape index (κ1) is 25.0. The van der Waals surface area contributed by atoms with Gasteiger partial charge in [0.1, 0.15) is 35.1 Å². The molecule has 1 aliphatic heterocycles. The Hall–Kier alpha value is -3.63. The Balaban J connectivity index is 1.50. The van der Waals surface area contributed by atoms with Gasteiger partial charge in [0.15, 0.2) is 0 Å². The number of amides is 2. The maximum atomic E-state index is 15.4. The highest BCUT2D eigenvalue weighted by atomic mass is 19.3. The zero-order valence-electron chi connectivity index (χ0n) is 20.8. The molecule has 1 saturated carbocycles. The number of H-pyrrole nitrogens is 1. The van der Waals surface area contributed by atoms with Crippen LogP contribution in [0.15, 0.2) is 18.5 Å². The minimum absolute atomic E-state index is 0.0585. The van der Waals surface area contributed by atoms with Gasteiger partial charge in [-0.25, -0.2) is 23.1 Å². The van der Waals surface area contributed by atoms with E-state index in [1.165, 1.54) is 6.33 Å². The van der Waals surface area contributed by atoms with E-state index in [1.807, 2.05) is 0 Å². The van der Waals surface area contributed by atoms with Crippen LogP contribution < -0.4 is 10.1 Å². The van der Waals surface area contributed by atoms with Crippen LogP contribution >= 0.6 is 0 Å². The molecule has 0 bridgehead atoms. The second kappa shape index (κ2) is 9.35. The molecule has 0 unspecified atom stereocenters. The number of rotatable bonds is 7. The van der Waals surface area contributed by atoms with Crippen LogP contribution in [0, 0.1) is 25.6 Å². The third kappa shape index (κ3) is 4.62. The first-order valence-corrected chi connectivity index (χ1v) is 12.3. The molecule has 2 aromatic heterocycles. The Morgan fingerprint density at radius 2 is 2.00 bits per heavy atom. The van der Waals surface area contributed by atoms with E-state index in [-0.39, 0.29) is 35.3 Å². The van der Waals surface area contributed by atoms with Crippen molar-refractivity contribution in [2.45, 2.75) is 52.0 Å². The van der Waals surface area contributed by atoms with Crippen molar-refractivity contribution in [3.05, 3.63) is 41.1 Å². The van der Waals surface area contributed by atoms with Gasteiger partial charge in [0, 0.05) is 18.7 Å². The van der Waals surface area contributed by atoms with E-state index in [0.717, 1.165) is 17.7 Å². The highest BCUT2D eigenvalue weighted by Crippen LogP contribution is 2.39. The fraction of sp³-hybridized carbons (Fsp3) is 0.462. The van der Waals surface area contributed by atoms with Crippen molar-refractivity contribution in [3.8, 4) is 17.0 Å². The molecule has 11 heteroatoms. The van der Waals surface area contributed by atoms with E-state index in [0.29, 0.717) is 35.0 Å². The lowest BCUT2D eigenvalue weighted by Gasteiger charge is -2.18. The molecule has 1 saturated heterocycles. The summed E-state index contributed by atoms with van der Waals surface area (Å²) in [6.45, 7) is 4.27. The van der Waals surface area contributed by atoms with Gasteiger partial charge in [-0.15, -0.1) is 0 Å². The maximum absolute atomic E-state index is 15.4.